The second kappa shape index (κ2) is 5.34. The summed E-state index contributed by atoms with van der Waals surface area (Å²) in [6, 6.07) is 0. The molecule has 1 aliphatic heterocycles. The van der Waals surface area contributed by atoms with Crippen molar-refractivity contribution in [3.63, 3.8) is 0 Å². The molecule has 15 heavy (non-hydrogen) atoms. The molecule has 2 fully saturated rings. The van der Waals surface area contributed by atoms with E-state index in [1.807, 2.05) is 0 Å². The lowest BCUT2D eigenvalue weighted by molar-refractivity contribution is 0.226. The highest BCUT2D eigenvalue weighted by molar-refractivity contribution is 4.94. The van der Waals surface area contributed by atoms with E-state index in [0.717, 1.165) is 5.92 Å². The molecule has 2 rings (SSSR count). The molecule has 0 bridgehead atoms. The van der Waals surface area contributed by atoms with Crippen LogP contribution in [0.25, 0.3) is 0 Å². The zero-order valence-electron chi connectivity index (χ0n) is 10.4. The summed E-state index contributed by atoms with van der Waals surface area (Å²) >= 11 is 0. The van der Waals surface area contributed by atoms with Gasteiger partial charge in [-0.05, 0) is 45.1 Å². The van der Waals surface area contributed by atoms with Crippen molar-refractivity contribution < 1.29 is 0 Å². The Morgan fingerprint density at radius 2 is 1.47 bits per heavy atom. The van der Waals surface area contributed by atoms with Crippen LogP contribution in [0.3, 0.4) is 0 Å². The fraction of sp³-hybridized carbons (Fsp3) is 1.00. The second-order valence-corrected chi connectivity index (χ2v) is 5.84. The monoisotopic (exact) mass is 209 g/mol. The molecule has 0 aromatic heterocycles. The molecule has 0 radical (unpaired) electrons. The van der Waals surface area contributed by atoms with Crippen LogP contribution in [0.4, 0.5) is 0 Å². The Labute approximate surface area is 95.0 Å². The van der Waals surface area contributed by atoms with E-state index in [-0.39, 0.29) is 0 Å². The van der Waals surface area contributed by atoms with Crippen LogP contribution < -0.4 is 5.32 Å². The molecule has 1 aliphatic carbocycles. The van der Waals surface area contributed by atoms with Gasteiger partial charge in [-0.3, -0.25) is 0 Å². The highest BCUT2D eigenvalue weighted by Crippen LogP contribution is 2.35. The largest absolute Gasteiger partial charge is 0.311 e. The van der Waals surface area contributed by atoms with Crippen LogP contribution in [0.5, 0.6) is 0 Å². The third-order valence-corrected chi connectivity index (χ3v) is 4.66. The summed E-state index contributed by atoms with van der Waals surface area (Å²) < 4.78 is 0. The Morgan fingerprint density at radius 3 is 2.00 bits per heavy atom. The van der Waals surface area contributed by atoms with E-state index in [9.17, 15) is 0 Å². The summed E-state index contributed by atoms with van der Waals surface area (Å²) in [5, 5.41) is 3.77. The van der Waals surface area contributed by atoms with E-state index in [2.05, 4.69) is 12.2 Å². The first-order chi connectivity index (χ1) is 7.31. The maximum absolute atomic E-state index is 3.77. The molecule has 1 saturated heterocycles. The number of hydrogen-bond donors (Lipinski definition) is 1. The lowest BCUT2D eigenvalue weighted by Gasteiger charge is -2.34. The second-order valence-electron chi connectivity index (χ2n) is 5.84. The number of rotatable bonds is 1. The molecule has 0 spiro atoms. The minimum absolute atomic E-state index is 0.490. The van der Waals surface area contributed by atoms with E-state index >= 15 is 0 Å². The molecule has 1 N–H and O–H groups in total. The van der Waals surface area contributed by atoms with Crippen molar-refractivity contribution in [3.05, 3.63) is 0 Å². The Balaban J connectivity index is 1.92. The smallest absolute Gasteiger partial charge is 0.0181 e. The third-order valence-electron chi connectivity index (χ3n) is 4.66. The Morgan fingerprint density at radius 1 is 0.867 bits per heavy atom. The maximum Gasteiger partial charge on any atom is 0.0181 e. The summed E-state index contributed by atoms with van der Waals surface area (Å²) in [4.78, 5) is 0. The van der Waals surface area contributed by atoms with Crippen molar-refractivity contribution in [2.75, 3.05) is 6.54 Å². The SMILES string of the molecule is CC1(C2CCCCCCCC2)CCCN1. The molecular weight excluding hydrogens is 182 g/mol. The van der Waals surface area contributed by atoms with Gasteiger partial charge in [-0.2, -0.15) is 0 Å². The van der Waals surface area contributed by atoms with Crippen LogP contribution in [0.15, 0.2) is 0 Å². The van der Waals surface area contributed by atoms with Crippen molar-refractivity contribution in [2.45, 2.75) is 76.7 Å². The summed E-state index contributed by atoms with van der Waals surface area (Å²) in [5.41, 5.74) is 0.490. The van der Waals surface area contributed by atoms with Crippen molar-refractivity contribution in [2.24, 2.45) is 5.92 Å². The molecule has 1 unspecified atom stereocenters. The summed E-state index contributed by atoms with van der Waals surface area (Å²) in [6.45, 7) is 3.73. The highest BCUT2D eigenvalue weighted by Gasteiger charge is 2.35. The molecule has 1 heterocycles. The predicted molar refractivity (Wildman–Crippen MR) is 66.1 cm³/mol. The van der Waals surface area contributed by atoms with Gasteiger partial charge >= 0.3 is 0 Å². The fourth-order valence-electron chi connectivity index (χ4n) is 3.54. The molecule has 0 aromatic carbocycles. The molecule has 1 atom stereocenters. The van der Waals surface area contributed by atoms with E-state index in [0.29, 0.717) is 5.54 Å². The zero-order valence-corrected chi connectivity index (χ0v) is 10.4. The average Bonchev–Trinajstić information content (AvgIpc) is 2.70. The lowest BCUT2D eigenvalue weighted by atomic mass is 9.78. The van der Waals surface area contributed by atoms with Gasteiger partial charge in [-0.25, -0.2) is 0 Å². The summed E-state index contributed by atoms with van der Waals surface area (Å²) in [7, 11) is 0. The van der Waals surface area contributed by atoms with Crippen molar-refractivity contribution in [3.8, 4) is 0 Å². The third kappa shape index (κ3) is 2.96. The van der Waals surface area contributed by atoms with Crippen molar-refractivity contribution in [1.82, 2.24) is 5.32 Å². The first-order valence-electron chi connectivity index (χ1n) is 7.06. The lowest BCUT2D eigenvalue weighted by Crippen LogP contribution is -2.43. The molecule has 0 aromatic rings. The van der Waals surface area contributed by atoms with Crippen LogP contribution in [0, 0.1) is 5.92 Å². The van der Waals surface area contributed by atoms with Gasteiger partial charge in [-0.1, -0.05) is 38.5 Å². The van der Waals surface area contributed by atoms with Crippen LogP contribution in [-0.4, -0.2) is 12.1 Å². The zero-order chi connectivity index (χ0) is 10.6. The van der Waals surface area contributed by atoms with Gasteiger partial charge in [0.25, 0.3) is 0 Å². The van der Waals surface area contributed by atoms with E-state index in [4.69, 9.17) is 0 Å². The topological polar surface area (TPSA) is 12.0 Å². The molecule has 1 heteroatoms. The normalized spacial score (nSPS) is 35.8. The van der Waals surface area contributed by atoms with Gasteiger partial charge in [0.05, 0.1) is 0 Å². The predicted octanol–water partition coefficient (Wildman–Crippen LogP) is 3.88. The molecule has 1 saturated carbocycles. The van der Waals surface area contributed by atoms with Crippen LogP contribution in [-0.2, 0) is 0 Å². The van der Waals surface area contributed by atoms with Crippen molar-refractivity contribution >= 4 is 0 Å². The standard InChI is InChI=1S/C14H27N/c1-14(11-8-12-15-14)13-9-6-4-2-3-5-7-10-13/h13,15H,2-12H2,1H3. The minimum atomic E-state index is 0.490. The number of nitrogens with one attached hydrogen (secondary N) is 1. The maximum atomic E-state index is 3.77. The Kier molecular flexibility index (Phi) is 4.07. The summed E-state index contributed by atoms with van der Waals surface area (Å²) in [5.74, 6) is 0.957. The Bertz CT molecular complexity index is 172. The van der Waals surface area contributed by atoms with E-state index in [1.54, 1.807) is 0 Å². The molecule has 0 amide bonds. The number of hydrogen-bond acceptors (Lipinski definition) is 1. The van der Waals surface area contributed by atoms with Gasteiger partial charge in [0.15, 0.2) is 0 Å². The van der Waals surface area contributed by atoms with Gasteiger partial charge in [-0.15, -0.1) is 0 Å². The minimum Gasteiger partial charge on any atom is -0.311 e. The van der Waals surface area contributed by atoms with Crippen molar-refractivity contribution in [1.29, 1.82) is 0 Å². The highest BCUT2D eigenvalue weighted by atomic mass is 15.0. The van der Waals surface area contributed by atoms with Crippen LogP contribution >= 0.6 is 0 Å². The molecule has 88 valence electrons. The van der Waals surface area contributed by atoms with Gasteiger partial charge < -0.3 is 5.32 Å². The molecular formula is C14H27N. The quantitative estimate of drug-likeness (QED) is 0.691. The van der Waals surface area contributed by atoms with Gasteiger partial charge in [0.1, 0.15) is 0 Å². The molecule has 1 nitrogen and oxygen atoms in total. The fourth-order valence-corrected chi connectivity index (χ4v) is 3.54. The average molecular weight is 209 g/mol. The van der Waals surface area contributed by atoms with Crippen LogP contribution in [0.2, 0.25) is 0 Å². The first-order valence-corrected chi connectivity index (χ1v) is 7.06. The van der Waals surface area contributed by atoms with E-state index in [1.165, 1.54) is 70.8 Å². The first kappa shape index (κ1) is 11.4. The van der Waals surface area contributed by atoms with E-state index < -0.39 is 0 Å². The molecule has 2 aliphatic rings. The Hall–Kier alpha value is -0.0400. The summed E-state index contributed by atoms with van der Waals surface area (Å²) in [6.07, 6.45) is 14.6. The van der Waals surface area contributed by atoms with Crippen LogP contribution in [0.1, 0.15) is 71.1 Å². The van der Waals surface area contributed by atoms with Gasteiger partial charge in [0, 0.05) is 5.54 Å². The van der Waals surface area contributed by atoms with Gasteiger partial charge in [0.2, 0.25) is 0 Å².